The van der Waals surface area contributed by atoms with Crippen molar-refractivity contribution in [1.29, 1.82) is 0 Å². The van der Waals surface area contributed by atoms with Crippen LogP contribution in [0, 0.1) is 0 Å². The van der Waals surface area contributed by atoms with E-state index in [4.69, 9.17) is 4.74 Å². The van der Waals surface area contributed by atoms with E-state index in [1.807, 2.05) is 19.2 Å². The lowest BCUT2D eigenvalue weighted by Crippen LogP contribution is -2.23. The molecule has 0 spiro atoms. The SMILES string of the molecule is CCn1ncc(C(=O)NCc2csc(C(C)OC)n2)n1. The molecule has 2 aromatic rings. The fourth-order valence-electron chi connectivity index (χ4n) is 1.51. The van der Waals surface area contributed by atoms with E-state index in [9.17, 15) is 4.79 Å². The minimum atomic E-state index is -0.251. The number of aromatic nitrogens is 4. The smallest absolute Gasteiger partial charge is 0.273 e. The molecule has 2 rings (SSSR count). The maximum atomic E-state index is 11.9. The summed E-state index contributed by atoms with van der Waals surface area (Å²) in [6.45, 7) is 4.85. The standard InChI is InChI=1S/C12H17N5O2S/c1-4-17-14-6-10(16-17)11(18)13-5-9-7-20-12(15-9)8(2)19-3/h6-8H,4-5H2,1-3H3,(H,13,18). The minimum Gasteiger partial charge on any atom is -0.375 e. The number of thiazole rings is 1. The van der Waals surface area contributed by atoms with Gasteiger partial charge in [0.25, 0.3) is 5.91 Å². The molecule has 0 saturated heterocycles. The van der Waals surface area contributed by atoms with Crippen LogP contribution in [-0.2, 0) is 17.8 Å². The van der Waals surface area contributed by atoms with Gasteiger partial charge in [0.15, 0.2) is 5.69 Å². The largest absolute Gasteiger partial charge is 0.375 e. The van der Waals surface area contributed by atoms with Crippen LogP contribution in [0.2, 0.25) is 0 Å². The molecule has 0 saturated carbocycles. The summed E-state index contributed by atoms with van der Waals surface area (Å²) in [5, 5.41) is 13.6. The molecule has 1 amide bonds. The van der Waals surface area contributed by atoms with Gasteiger partial charge in [0.2, 0.25) is 0 Å². The molecule has 108 valence electrons. The van der Waals surface area contributed by atoms with Gasteiger partial charge in [-0.15, -0.1) is 16.4 Å². The van der Waals surface area contributed by atoms with Crippen LogP contribution in [0.15, 0.2) is 11.6 Å². The summed E-state index contributed by atoms with van der Waals surface area (Å²) in [4.78, 5) is 17.7. The molecule has 2 heterocycles. The Hall–Kier alpha value is -1.80. The van der Waals surface area contributed by atoms with E-state index in [2.05, 4.69) is 20.5 Å². The molecule has 20 heavy (non-hydrogen) atoms. The highest BCUT2D eigenvalue weighted by molar-refractivity contribution is 7.09. The van der Waals surface area contributed by atoms with Gasteiger partial charge in [0, 0.05) is 12.5 Å². The second kappa shape index (κ2) is 6.58. The van der Waals surface area contributed by atoms with Crippen molar-refractivity contribution < 1.29 is 9.53 Å². The lowest BCUT2D eigenvalue weighted by Gasteiger charge is -2.04. The van der Waals surface area contributed by atoms with Gasteiger partial charge < -0.3 is 10.1 Å². The van der Waals surface area contributed by atoms with Gasteiger partial charge in [-0.1, -0.05) is 0 Å². The monoisotopic (exact) mass is 295 g/mol. The Morgan fingerprint density at radius 1 is 1.60 bits per heavy atom. The molecule has 0 fully saturated rings. The van der Waals surface area contributed by atoms with Crippen molar-refractivity contribution in [2.75, 3.05) is 7.11 Å². The first-order valence-corrected chi connectivity index (χ1v) is 7.17. The summed E-state index contributed by atoms with van der Waals surface area (Å²) >= 11 is 1.52. The number of hydrogen-bond donors (Lipinski definition) is 1. The number of ether oxygens (including phenoxy) is 1. The molecule has 2 aromatic heterocycles. The van der Waals surface area contributed by atoms with Crippen molar-refractivity contribution >= 4 is 17.2 Å². The van der Waals surface area contributed by atoms with E-state index in [-0.39, 0.29) is 12.0 Å². The Morgan fingerprint density at radius 2 is 2.40 bits per heavy atom. The summed E-state index contributed by atoms with van der Waals surface area (Å²) < 4.78 is 5.20. The third kappa shape index (κ3) is 3.40. The summed E-state index contributed by atoms with van der Waals surface area (Å²) in [6, 6.07) is 0. The first kappa shape index (κ1) is 14.6. The van der Waals surface area contributed by atoms with Crippen molar-refractivity contribution in [2.45, 2.75) is 33.0 Å². The van der Waals surface area contributed by atoms with Crippen LogP contribution in [0.1, 0.15) is 41.1 Å². The predicted molar refractivity (Wildman–Crippen MR) is 74.4 cm³/mol. The second-order valence-corrected chi connectivity index (χ2v) is 5.05. The van der Waals surface area contributed by atoms with Crippen molar-refractivity contribution in [3.05, 3.63) is 28.0 Å². The summed E-state index contributed by atoms with van der Waals surface area (Å²) in [7, 11) is 1.64. The number of amides is 1. The number of methoxy groups -OCH3 is 1. The highest BCUT2D eigenvalue weighted by Gasteiger charge is 2.12. The van der Waals surface area contributed by atoms with Crippen molar-refractivity contribution in [3.8, 4) is 0 Å². The van der Waals surface area contributed by atoms with E-state index in [0.29, 0.717) is 18.8 Å². The van der Waals surface area contributed by atoms with Crippen LogP contribution >= 0.6 is 11.3 Å². The maximum Gasteiger partial charge on any atom is 0.273 e. The average molecular weight is 295 g/mol. The molecule has 0 bridgehead atoms. The minimum absolute atomic E-state index is 0.0334. The van der Waals surface area contributed by atoms with Crippen LogP contribution in [-0.4, -0.2) is 33.0 Å². The zero-order valence-corrected chi connectivity index (χ0v) is 12.5. The first-order chi connectivity index (χ1) is 9.63. The second-order valence-electron chi connectivity index (χ2n) is 4.16. The maximum absolute atomic E-state index is 11.9. The van der Waals surface area contributed by atoms with Gasteiger partial charge >= 0.3 is 0 Å². The number of nitrogens with zero attached hydrogens (tertiary/aromatic N) is 4. The quantitative estimate of drug-likeness (QED) is 0.871. The summed E-state index contributed by atoms with van der Waals surface area (Å²) in [6.07, 6.45) is 1.42. The Balaban J connectivity index is 1.91. The zero-order valence-electron chi connectivity index (χ0n) is 11.7. The summed E-state index contributed by atoms with van der Waals surface area (Å²) in [5.74, 6) is -0.251. The Labute approximate surface area is 121 Å². The number of rotatable bonds is 6. The lowest BCUT2D eigenvalue weighted by molar-refractivity contribution is 0.0944. The Morgan fingerprint density at radius 3 is 3.05 bits per heavy atom. The van der Waals surface area contributed by atoms with E-state index < -0.39 is 0 Å². The highest BCUT2D eigenvalue weighted by Crippen LogP contribution is 2.20. The van der Waals surface area contributed by atoms with E-state index >= 15 is 0 Å². The van der Waals surface area contributed by atoms with Gasteiger partial charge in [-0.2, -0.15) is 9.90 Å². The zero-order chi connectivity index (χ0) is 14.5. The third-order valence-electron chi connectivity index (χ3n) is 2.75. The molecule has 0 aromatic carbocycles. The van der Waals surface area contributed by atoms with Crippen LogP contribution in [0.25, 0.3) is 0 Å². The lowest BCUT2D eigenvalue weighted by atomic mass is 10.4. The van der Waals surface area contributed by atoms with Crippen molar-refractivity contribution in [1.82, 2.24) is 25.3 Å². The number of aryl methyl sites for hydroxylation is 1. The van der Waals surface area contributed by atoms with E-state index in [1.165, 1.54) is 22.3 Å². The molecule has 7 nitrogen and oxygen atoms in total. The molecular weight excluding hydrogens is 278 g/mol. The predicted octanol–water partition coefficient (Wildman–Crippen LogP) is 1.39. The molecule has 0 radical (unpaired) electrons. The Bertz CT molecular complexity index is 580. The van der Waals surface area contributed by atoms with E-state index in [1.54, 1.807) is 7.11 Å². The van der Waals surface area contributed by atoms with Gasteiger partial charge in [-0.05, 0) is 13.8 Å². The number of carbonyl (C=O) groups excluding carboxylic acids is 1. The van der Waals surface area contributed by atoms with Gasteiger partial charge in [0.1, 0.15) is 11.1 Å². The van der Waals surface area contributed by atoms with Crippen molar-refractivity contribution in [3.63, 3.8) is 0 Å². The highest BCUT2D eigenvalue weighted by atomic mass is 32.1. The molecule has 0 aliphatic heterocycles. The molecule has 0 aliphatic carbocycles. The summed E-state index contributed by atoms with van der Waals surface area (Å²) in [5.41, 5.74) is 1.12. The van der Waals surface area contributed by atoms with Gasteiger partial charge in [-0.3, -0.25) is 4.79 Å². The Kier molecular flexibility index (Phi) is 4.80. The van der Waals surface area contributed by atoms with Crippen LogP contribution in [0.3, 0.4) is 0 Å². The molecule has 8 heteroatoms. The first-order valence-electron chi connectivity index (χ1n) is 6.29. The molecule has 1 N–H and O–H groups in total. The number of carbonyl (C=O) groups is 1. The number of nitrogens with one attached hydrogen (secondary N) is 1. The molecule has 1 atom stereocenters. The van der Waals surface area contributed by atoms with Crippen LogP contribution in [0.5, 0.6) is 0 Å². The topological polar surface area (TPSA) is 81.9 Å². The fraction of sp³-hybridized carbons (Fsp3) is 0.500. The van der Waals surface area contributed by atoms with E-state index in [0.717, 1.165) is 10.7 Å². The van der Waals surface area contributed by atoms with Crippen LogP contribution < -0.4 is 5.32 Å². The van der Waals surface area contributed by atoms with Gasteiger partial charge in [0.05, 0.1) is 25.0 Å². The average Bonchev–Trinajstić information content (AvgIpc) is 3.12. The molecule has 0 aliphatic rings. The number of hydrogen-bond acceptors (Lipinski definition) is 6. The van der Waals surface area contributed by atoms with Gasteiger partial charge in [-0.25, -0.2) is 4.98 Å². The fourth-order valence-corrected chi connectivity index (χ4v) is 2.36. The third-order valence-corrected chi connectivity index (χ3v) is 3.81. The molecular formula is C12H17N5O2S. The molecule has 1 unspecified atom stereocenters. The normalized spacial score (nSPS) is 12.3. The van der Waals surface area contributed by atoms with Crippen molar-refractivity contribution in [2.24, 2.45) is 0 Å². The van der Waals surface area contributed by atoms with Crippen LogP contribution in [0.4, 0.5) is 0 Å².